The van der Waals surface area contributed by atoms with E-state index in [0.717, 1.165) is 4.88 Å². The molecule has 0 unspecified atom stereocenters. The Morgan fingerprint density at radius 2 is 2.14 bits per heavy atom. The van der Waals surface area contributed by atoms with Gasteiger partial charge in [0, 0.05) is 9.90 Å². The first-order chi connectivity index (χ1) is 10.5. The van der Waals surface area contributed by atoms with E-state index in [1.165, 1.54) is 11.3 Å². The van der Waals surface area contributed by atoms with Crippen LogP contribution in [0.15, 0.2) is 41.0 Å². The highest BCUT2D eigenvalue weighted by atomic mass is 35.5. The van der Waals surface area contributed by atoms with Crippen molar-refractivity contribution in [1.82, 2.24) is 4.98 Å². The number of hydrogen-bond acceptors (Lipinski definition) is 4. The van der Waals surface area contributed by atoms with Crippen molar-refractivity contribution in [3.63, 3.8) is 0 Å². The van der Waals surface area contributed by atoms with E-state index in [9.17, 15) is 4.79 Å². The van der Waals surface area contributed by atoms with Gasteiger partial charge in [-0.3, -0.25) is 4.79 Å². The molecule has 112 valence electrons. The van der Waals surface area contributed by atoms with Crippen LogP contribution in [0.1, 0.15) is 15.4 Å². The Balaban J connectivity index is 1.88. The zero-order valence-corrected chi connectivity index (χ0v) is 13.7. The number of aromatic nitrogens is 1. The molecule has 22 heavy (non-hydrogen) atoms. The van der Waals surface area contributed by atoms with Crippen molar-refractivity contribution in [2.45, 2.75) is 6.92 Å². The van der Waals surface area contributed by atoms with E-state index in [1.54, 1.807) is 36.6 Å². The summed E-state index contributed by atoms with van der Waals surface area (Å²) in [5.41, 5.74) is 0.790. The van der Waals surface area contributed by atoms with Gasteiger partial charge in [0.25, 0.3) is 5.91 Å². The molecule has 0 aliphatic rings. The summed E-state index contributed by atoms with van der Waals surface area (Å²) < 4.78 is 5.30. The second-order valence-electron chi connectivity index (χ2n) is 4.48. The summed E-state index contributed by atoms with van der Waals surface area (Å²) in [4.78, 5) is 17.5. The van der Waals surface area contributed by atoms with Crippen molar-refractivity contribution in [1.29, 1.82) is 0 Å². The number of nitrogens with zero attached hydrogens (tertiary/aromatic N) is 1. The van der Waals surface area contributed by atoms with Gasteiger partial charge in [-0.05, 0) is 37.3 Å². The largest absolute Gasteiger partial charge is 0.462 e. The summed E-state index contributed by atoms with van der Waals surface area (Å²) in [7, 11) is 0. The van der Waals surface area contributed by atoms with Gasteiger partial charge in [-0.1, -0.05) is 23.2 Å². The number of thiazole rings is 1. The standard InChI is InChI=1S/C15H10Cl2N2O2S/c1-8-13(19-15(22-8)12-3-2-6-21-12)14(20)18-11-7-9(16)4-5-10(11)17/h2-7H,1H3,(H,18,20). The van der Waals surface area contributed by atoms with E-state index in [2.05, 4.69) is 10.3 Å². The van der Waals surface area contributed by atoms with Gasteiger partial charge in [-0.2, -0.15) is 0 Å². The fourth-order valence-electron chi connectivity index (χ4n) is 1.89. The fourth-order valence-corrected chi connectivity index (χ4v) is 3.10. The van der Waals surface area contributed by atoms with Crippen LogP contribution >= 0.6 is 34.5 Å². The number of aryl methyl sites for hydroxylation is 1. The Hall–Kier alpha value is -1.82. The Bertz CT molecular complexity index is 828. The second-order valence-corrected chi connectivity index (χ2v) is 6.53. The van der Waals surface area contributed by atoms with Gasteiger partial charge in [-0.25, -0.2) is 4.98 Å². The molecule has 0 radical (unpaired) electrons. The maximum atomic E-state index is 12.4. The molecule has 1 N–H and O–H groups in total. The highest BCUT2D eigenvalue weighted by Crippen LogP contribution is 2.30. The molecule has 1 aromatic carbocycles. The van der Waals surface area contributed by atoms with Crippen molar-refractivity contribution in [3.05, 3.63) is 57.2 Å². The second kappa shape index (κ2) is 6.12. The first kappa shape index (κ1) is 15.1. The van der Waals surface area contributed by atoms with Crippen LogP contribution in [0, 0.1) is 6.92 Å². The summed E-state index contributed by atoms with van der Waals surface area (Å²) >= 11 is 13.4. The van der Waals surface area contributed by atoms with E-state index < -0.39 is 0 Å². The first-order valence-corrected chi connectivity index (χ1v) is 7.89. The van der Waals surface area contributed by atoms with Crippen LogP contribution in [0.25, 0.3) is 10.8 Å². The topological polar surface area (TPSA) is 55.1 Å². The zero-order valence-electron chi connectivity index (χ0n) is 11.4. The van der Waals surface area contributed by atoms with Crippen LogP contribution < -0.4 is 5.32 Å². The molecule has 0 atom stereocenters. The number of amides is 1. The van der Waals surface area contributed by atoms with E-state index >= 15 is 0 Å². The number of furan rings is 1. The summed E-state index contributed by atoms with van der Waals surface area (Å²) in [5, 5.41) is 4.29. The van der Waals surface area contributed by atoms with E-state index in [0.29, 0.717) is 32.2 Å². The Morgan fingerprint density at radius 1 is 1.32 bits per heavy atom. The molecule has 0 spiro atoms. The SMILES string of the molecule is Cc1sc(-c2ccco2)nc1C(=O)Nc1cc(Cl)ccc1Cl. The number of anilines is 1. The average Bonchev–Trinajstić information content (AvgIpc) is 3.11. The number of halogens is 2. The zero-order chi connectivity index (χ0) is 15.7. The van der Waals surface area contributed by atoms with Crippen molar-refractivity contribution >= 4 is 46.1 Å². The fraction of sp³-hybridized carbons (Fsp3) is 0.0667. The predicted molar refractivity (Wildman–Crippen MR) is 89.0 cm³/mol. The monoisotopic (exact) mass is 352 g/mol. The summed E-state index contributed by atoms with van der Waals surface area (Å²) in [6, 6.07) is 8.45. The third kappa shape index (κ3) is 3.02. The van der Waals surface area contributed by atoms with Gasteiger partial charge < -0.3 is 9.73 Å². The molecule has 0 saturated carbocycles. The molecule has 3 rings (SSSR count). The minimum Gasteiger partial charge on any atom is -0.462 e. The normalized spacial score (nSPS) is 10.7. The quantitative estimate of drug-likeness (QED) is 0.698. The van der Waals surface area contributed by atoms with Crippen LogP contribution in [0.2, 0.25) is 10.0 Å². The molecule has 3 aromatic rings. The lowest BCUT2D eigenvalue weighted by Gasteiger charge is -2.06. The smallest absolute Gasteiger partial charge is 0.275 e. The lowest BCUT2D eigenvalue weighted by molar-refractivity contribution is 0.102. The number of hydrogen-bond donors (Lipinski definition) is 1. The summed E-state index contributed by atoms with van der Waals surface area (Å²) in [6.45, 7) is 1.83. The van der Waals surface area contributed by atoms with Gasteiger partial charge in [-0.15, -0.1) is 11.3 Å². The minimum atomic E-state index is -0.337. The highest BCUT2D eigenvalue weighted by Gasteiger charge is 2.18. The van der Waals surface area contributed by atoms with Crippen molar-refractivity contribution < 1.29 is 9.21 Å². The lowest BCUT2D eigenvalue weighted by atomic mass is 10.3. The van der Waals surface area contributed by atoms with Crippen LogP contribution in [0.4, 0.5) is 5.69 Å². The first-order valence-electron chi connectivity index (χ1n) is 6.32. The maximum Gasteiger partial charge on any atom is 0.275 e. The van der Waals surface area contributed by atoms with Crippen LogP contribution in [0.5, 0.6) is 0 Å². The molecule has 7 heteroatoms. The van der Waals surface area contributed by atoms with Gasteiger partial charge >= 0.3 is 0 Å². The molecule has 0 aliphatic carbocycles. The van der Waals surface area contributed by atoms with Crippen LogP contribution in [-0.2, 0) is 0 Å². The van der Waals surface area contributed by atoms with Gasteiger partial charge in [0.05, 0.1) is 17.0 Å². The Kier molecular flexibility index (Phi) is 4.20. The molecule has 0 aliphatic heterocycles. The van der Waals surface area contributed by atoms with E-state index in [4.69, 9.17) is 27.6 Å². The molecule has 0 fully saturated rings. The number of carbonyl (C=O) groups excluding carboxylic acids is 1. The molecular weight excluding hydrogens is 343 g/mol. The molecule has 1 amide bonds. The van der Waals surface area contributed by atoms with Gasteiger partial charge in [0.2, 0.25) is 0 Å². The molecule has 2 heterocycles. The predicted octanol–water partition coefficient (Wildman–Crippen LogP) is 5.27. The van der Waals surface area contributed by atoms with Crippen molar-refractivity contribution in [3.8, 4) is 10.8 Å². The third-order valence-corrected chi connectivity index (χ3v) is 4.47. The number of rotatable bonds is 3. The average molecular weight is 353 g/mol. The lowest BCUT2D eigenvalue weighted by Crippen LogP contribution is -2.13. The van der Waals surface area contributed by atoms with Crippen LogP contribution in [-0.4, -0.2) is 10.9 Å². The summed E-state index contributed by atoms with van der Waals surface area (Å²) in [5.74, 6) is 0.295. The summed E-state index contributed by atoms with van der Waals surface area (Å²) in [6.07, 6.45) is 1.57. The Labute approximate surface area is 140 Å². The molecule has 4 nitrogen and oxygen atoms in total. The molecule has 0 bridgehead atoms. The van der Waals surface area contributed by atoms with Crippen molar-refractivity contribution in [2.24, 2.45) is 0 Å². The third-order valence-electron chi connectivity index (χ3n) is 2.92. The number of nitrogens with one attached hydrogen (secondary N) is 1. The molecule has 2 aromatic heterocycles. The van der Waals surface area contributed by atoms with Gasteiger partial charge in [0.1, 0.15) is 5.69 Å². The number of carbonyl (C=O) groups is 1. The highest BCUT2D eigenvalue weighted by molar-refractivity contribution is 7.15. The van der Waals surface area contributed by atoms with E-state index in [1.807, 2.05) is 6.92 Å². The van der Waals surface area contributed by atoms with E-state index in [-0.39, 0.29) is 5.91 Å². The molecule has 0 saturated heterocycles. The molecular formula is C15H10Cl2N2O2S. The minimum absolute atomic E-state index is 0.337. The Morgan fingerprint density at radius 3 is 2.86 bits per heavy atom. The van der Waals surface area contributed by atoms with Crippen LogP contribution in [0.3, 0.4) is 0 Å². The van der Waals surface area contributed by atoms with Crippen molar-refractivity contribution in [2.75, 3.05) is 5.32 Å². The number of benzene rings is 1. The maximum absolute atomic E-state index is 12.4. The van der Waals surface area contributed by atoms with Gasteiger partial charge in [0.15, 0.2) is 10.8 Å².